The van der Waals surface area contributed by atoms with Crippen LogP contribution in [0.3, 0.4) is 0 Å². The highest BCUT2D eigenvalue weighted by Gasteiger charge is 2.17. The summed E-state index contributed by atoms with van der Waals surface area (Å²) in [6, 6.07) is 5.58. The first-order chi connectivity index (χ1) is 9.75. The molecule has 2 heterocycles. The van der Waals surface area contributed by atoms with Crippen molar-refractivity contribution in [1.29, 1.82) is 0 Å². The molecule has 1 aromatic carbocycles. The third-order valence-electron chi connectivity index (χ3n) is 3.03. The van der Waals surface area contributed by atoms with Crippen LogP contribution in [0.1, 0.15) is 5.56 Å². The molecule has 1 N–H and O–H groups in total. The second-order valence-electron chi connectivity index (χ2n) is 4.31. The summed E-state index contributed by atoms with van der Waals surface area (Å²) < 4.78 is 37.4. The lowest BCUT2D eigenvalue weighted by Crippen LogP contribution is -2.09. The molecular formula is C14H12F2N2O2. The van der Waals surface area contributed by atoms with E-state index in [1.807, 2.05) is 18.2 Å². The van der Waals surface area contributed by atoms with Crippen molar-refractivity contribution in [1.82, 2.24) is 4.98 Å². The molecule has 0 saturated heterocycles. The van der Waals surface area contributed by atoms with Gasteiger partial charge in [0, 0.05) is 6.54 Å². The molecule has 1 aliphatic heterocycles. The third-order valence-corrected chi connectivity index (χ3v) is 3.03. The highest BCUT2D eigenvalue weighted by molar-refractivity contribution is 5.49. The molecule has 0 fully saturated rings. The fourth-order valence-corrected chi connectivity index (χ4v) is 2.09. The molecule has 1 aliphatic rings. The molecule has 0 unspecified atom stereocenters. The number of hydrogen-bond donors (Lipinski definition) is 1. The van der Waals surface area contributed by atoms with Gasteiger partial charge in [0.1, 0.15) is 5.69 Å². The largest absolute Gasteiger partial charge is 0.454 e. The fourth-order valence-electron chi connectivity index (χ4n) is 2.09. The Morgan fingerprint density at radius 1 is 1.15 bits per heavy atom. The van der Waals surface area contributed by atoms with Gasteiger partial charge >= 0.3 is 0 Å². The van der Waals surface area contributed by atoms with E-state index < -0.39 is 11.6 Å². The van der Waals surface area contributed by atoms with Crippen LogP contribution in [-0.4, -0.2) is 18.3 Å². The number of aromatic nitrogens is 1. The molecule has 6 heteroatoms. The summed E-state index contributed by atoms with van der Waals surface area (Å²) in [5, 5.41) is 2.73. The van der Waals surface area contributed by atoms with E-state index in [9.17, 15) is 8.78 Å². The predicted molar refractivity (Wildman–Crippen MR) is 68.9 cm³/mol. The van der Waals surface area contributed by atoms with Crippen LogP contribution >= 0.6 is 0 Å². The quantitative estimate of drug-likeness (QED) is 0.934. The number of ether oxygens (including phenoxy) is 2. The summed E-state index contributed by atoms with van der Waals surface area (Å²) in [5.74, 6) is -0.0144. The van der Waals surface area contributed by atoms with Crippen LogP contribution in [0.25, 0.3) is 0 Å². The van der Waals surface area contributed by atoms with Crippen LogP contribution in [0, 0.1) is 11.6 Å². The Morgan fingerprint density at radius 3 is 2.75 bits per heavy atom. The second kappa shape index (κ2) is 5.32. The highest BCUT2D eigenvalue weighted by atomic mass is 19.1. The van der Waals surface area contributed by atoms with Crippen molar-refractivity contribution in [3.8, 4) is 11.5 Å². The summed E-state index contributed by atoms with van der Waals surface area (Å²) in [5.41, 5.74) is 0.770. The van der Waals surface area contributed by atoms with Gasteiger partial charge in [-0.05, 0) is 18.1 Å². The lowest BCUT2D eigenvalue weighted by Gasteiger charge is -2.09. The molecule has 2 aromatic rings. The molecule has 0 amide bonds. The van der Waals surface area contributed by atoms with E-state index in [2.05, 4.69) is 10.3 Å². The van der Waals surface area contributed by atoms with E-state index >= 15 is 0 Å². The molecule has 0 spiro atoms. The Morgan fingerprint density at radius 2 is 1.95 bits per heavy atom. The Bertz CT molecular complexity index is 614. The van der Waals surface area contributed by atoms with Crippen molar-refractivity contribution < 1.29 is 18.3 Å². The van der Waals surface area contributed by atoms with E-state index in [4.69, 9.17) is 9.47 Å². The number of pyridine rings is 1. The molecule has 0 atom stereocenters. The molecule has 4 nitrogen and oxygen atoms in total. The molecule has 3 rings (SSSR count). The zero-order valence-electron chi connectivity index (χ0n) is 10.5. The molecule has 0 radical (unpaired) electrons. The van der Waals surface area contributed by atoms with Gasteiger partial charge in [0.25, 0.3) is 0 Å². The van der Waals surface area contributed by atoms with Crippen molar-refractivity contribution in [2.24, 2.45) is 0 Å². The van der Waals surface area contributed by atoms with Crippen molar-refractivity contribution in [2.45, 2.75) is 6.42 Å². The van der Waals surface area contributed by atoms with Gasteiger partial charge in [-0.1, -0.05) is 12.1 Å². The summed E-state index contributed by atoms with van der Waals surface area (Å²) in [6.07, 6.45) is 2.51. The van der Waals surface area contributed by atoms with Crippen LogP contribution in [0.4, 0.5) is 14.5 Å². The zero-order chi connectivity index (χ0) is 13.9. The van der Waals surface area contributed by atoms with Crippen molar-refractivity contribution in [3.05, 3.63) is 47.8 Å². The smallest absolute Gasteiger partial charge is 0.231 e. The molecule has 20 heavy (non-hydrogen) atoms. The van der Waals surface area contributed by atoms with Gasteiger partial charge in [0.05, 0.1) is 12.4 Å². The Balaban J connectivity index is 1.68. The maximum atomic E-state index is 13.4. The van der Waals surface area contributed by atoms with Crippen LogP contribution in [0.2, 0.25) is 0 Å². The summed E-state index contributed by atoms with van der Waals surface area (Å²) in [7, 11) is 0. The third kappa shape index (κ3) is 2.36. The number of halogens is 2. The first-order valence-electron chi connectivity index (χ1n) is 6.16. The van der Waals surface area contributed by atoms with Crippen LogP contribution in [0.5, 0.6) is 11.5 Å². The molecule has 0 aliphatic carbocycles. The average Bonchev–Trinajstić information content (AvgIpc) is 2.91. The second-order valence-corrected chi connectivity index (χ2v) is 4.31. The van der Waals surface area contributed by atoms with Crippen molar-refractivity contribution >= 4 is 5.69 Å². The maximum absolute atomic E-state index is 13.4. The van der Waals surface area contributed by atoms with E-state index in [0.29, 0.717) is 24.5 Å². The number of nitrogens with one attached hydrogen (secondary N) is 1. The Labute approximate surface area is 114 Å². The van der Waals surface area contributed by atoms with Gasteiger partial charge in [-0.2, -0.15) is 0 Å². The van der Waals surface area contributed by atoms with Gasteiger partial charge < -0.3 is 14.8 Å². The van der Waals surface area contributed by atoms with E-state index in [-0.39, 0.29) is 12.5 Å². The van der Waals surface area contributed by atoms with E-state index in [0.717, 1.165) is 18.0 Å². The topological polar surface area (TPSA) is 43.4 Å². The fraction of sp³-hybridized carbons (Fsp3) is 0.214. The van der Waals surface area contributed by atoms with Crippen molar-refractivity contribution in [3.63, 3.8) is 0 Å². The van der Waals surface area contributed by atoms with Gasteiger partial charge in [-0.3, -0.25) is 4.98 Å². The molecule has 0 bridgehead atoms. The number of anilines is 1. The summed E-state index contributed by atoms with van der Waals surface area (Å²) in [4.78, 5) is 3.43. The Kier molecular flexibility index (Phi) is 3.37. The minimum absolute atomic E-state index is 0.162. The molecule has 104 valence electrons. The number of fused-ring (bicyclic) bond motifs is 1. The molecule has 1 aromatic heterocycles. The van der Waals surface area contributed by atoms with Gasteiger partial charge in [0.2, 0.25) is 6.79 Å². The predicted octanol–water partition coefficient (Wildman–Crippen LogP) is 2.74. The van der Waals surface area contributed by atoms with Crippen molar-refractivity contribution in [2.75, 3.05) is 18.7 Å². The van der Waals surface area contributed by atoms with Crippen LogP contribution in [0.15, 0.2) is 30.6 Å². The Hall–Kier alpha value is -2.37. The summed E-state index contributed by atoms with van der Waals surface area (Å²) in [6.45, 7) is 0.574. The lowest BCUT2D eigenvalue weighted by atomic mass is 10.1. The normalized spacial score (nSPS) is 12.5. The maximum Gasteiger partial charge on any atom is 0.231 e. The number of benzene rings is 1. The summed E-state index contributed by atoms with van der Waals surface area (Å²) >= 11 is 0. The zero-order valence-corrected chi connectivity index (χ0v) is 10.5. The minimum atomic E-state index is -0.706. The SMILES string of the molecule is Fc1cncc(F)c1NCCc1cccc2c1OCO2. The minimum Gasteiger partial charge on any atom is -0.454 e. The number of para-hydroxylation sites is 1. The first-order valence-corrected chi connectivity index (χ1v) is 6.16. The number of hydrogen-bond acceptors (Lipinski definition) is 4. The highest BCUT2D eigenvalue weighted by Crippen LogP contribution is 2.35. The van der Waals surface area contributed by atoms with E-state index in [1.165, 1.54) is 0 Å². The first kappa shape index (κ1) is 12.7. The number of rotatable bonds is 4. The van der Waals surface area contributed by atoms with E-state index in [1.54, 1.807) is 0 Å². The van der Waals surface area contributed by atoms with Crippen LogP contribution in [-0.2, 0) is 6.42 Å². The average molecular weight is 278 g/mol. The van der Waals surface area contributed by atoms with Gasteiger partial charge in [-0.25, -0.2) is 8.78 Å². The van der Waals surface area contributed by atoms with Gasteiger partial charge in [0.15, 0.2) is 23.1 Å². The van der Waals surface area contributed by atoms with Gasteiger partial charge in [-0.15, -0.1) is 0 Å². The van der Waals surface area contributed by atoms with Crippen LogP contribution < -0.4 is 14.8 Å². The molecule has 0 saturated carbocycles. The molecular weight excluding hydrogens is 266 g/mol. The lowest BCUT2D eigenvalue weighted by molar-refractivity contribution is 0.173. The standard InChI is InChI=1S/C14H12F2N2O2/c15-10-6-17-7-11(16)13(10)18-5-4-9-2-1-3-12-14(9)20-8-19-12/h1-3,6-7H,4-5,8H2,(H,17,18). The monoisotopic (exact) mass is 278 g/mol. The number of nitrogens with zero attached hydrogens (tertiary/aromatic N) is 1.